The average Bonchev–Trinajstić information content (AvgIpc) is 3.11. The fourth-order valence-corrected chi connectivity index (χ4v) is 3.48. The van der Waals surface area contributed by atoms with E-state index >= 15 is 0 Å². The normalized spacial score (nSPS) is 18.9. The lowest BCUT2D eigenvalue weighted by atomic mass is 10.0. The maximum absolute atomic E-state index is 13.2. The van der Waals surface area contributed by atoms with Crippen molar-refractivity contribution in [2.75, 3.05) is 36.5 Å². The van der Waals surface area contributed by atoms with Gasteiger partial charge in [0.1, 0.15) is 5.82 Å². The second kappa shape index (κ2) is 7.05. The maximum Gasteiger partial charge on any atom is 0.255 e. The molecule has 0 unspecified atom stereocenters. The summed E-state index contributed by atoms with van der Waals surface area (Å²) in [5.41, 5.74) is 2.08. The van der Waals surface area contributed by atoms with Gasteiger partial charge in [-0.1, -0.05) is 6.07 Å². The van der Waals surface area contributed by atoms with Crippen LogP contribution in [-0.4, -0.2) is 38.0 Å². The van der Waals surface area contributed by atoms with Gasteiger partial charge in [0.05, 0.1) is 13.2 Å². The number of hydrogen-bond donors (Lipinski definition) is 1. The van der Waals surface area contributed by atoms with Gasteiger partial charge in [0.2, 0.25) is 0 Å². The van der Waals surface area contributed by atoms with Crippen molar-refractivity contribution in [2.24, 2.45) is 0 Å². The number of amides is 1. The molecule has 2 fully saturated rings. The first-order valence-electron chi connectivity index (χ1n) is 8.83. The molecule has 1 N–H and O–H groups in total. The number of rotatable bonds is 3. The van der Waals surface area contributed by atoms with Gasteiger partial charge in [-0.15, -0.1) is 0 Å². The largest absolute Gasteiger partial charge is 0.371 e. The van der Waals surface area contributed by atoms with Gasteiger partial charge in [0.15, 0.2) is 5.79 Å². The molecule has 0 radical (unpaired) electrons. The minimum absolute atomic E-state index is 0.298. The van der Waals surface area contributed by atoms with E-state index in [1.54, 1.807) is 6.07 Å². The van der Waals surface area contributed by atoms with Crippen LogP contribution < -0.4 is 10.2 Å². The monoisotopic (exact) mass is 356 g/mol. The van der Waals surface area contributed by atoms with Gasteiger partial charge in [-0.25, -0.2) is 4.39 Å². The van der Waals surface area contributed by atoms with E-state index in [1.807, 2.05) is 24.3 Å². The number of benzene rings is 2. The molecule has 1 spiro atoms. The molecular formula is C20H21FN2O3. The first-order valence-corrected chi connectivity index (χ1v) is 8.83. The number of piperidine rings is 1. The van der Waals surface area contributed by atoms with Gasteiger partial charge in [-0.05, 0) is 42.5 Å². The topological polar surface area (TPSA) is 50.8 Å². The molecule has 1 amide bonds. The van der Waals surface area contributed by atoms with Gasteiger partial charge in [-0.3, -0.25) is 4.79 Å². The predicted octanol–water partition coefficient (Wildman–Crippen LogP) is 3.42. The lowest BCUT2D eigenvalue weighted by Crippen LogP contribution is -2.45. The highest BCUT2D eigenvalue weighted by Gasteiger charge is 2.39. The molecule has 0 aromatic heterocycles. The van der Waals surface area contributed by atoms with Crippen molar-refractivity contribution in [1.82, 2.24) is 0 Å². The Morgan fingerprint density at radius 1 is 1.04 bits per heavy atom. The molecule has 2 aromatic carbocycles. The van der Waals surface area contributed by atoms with Crippen LogP contribution in [0.1, 0.15) is 23.2 Å². The molecule has 0 bridgehead atoms. The Labute approximate surface area is 151 Å². The molecule has 2 aliphatic heterocycles. The van der Waals surface area contributed by atoms with Crippen molar-refractivity contribution in [3.63, 3.8) is 0 Å². The smallest absolute Gasteiger partial charge is 0.255 e. The number of nitrogens with one attached hydrogen (secondary N) is 1. The Morgan fingerprint density at radius 3 is 2.38 bits per heavy atom. The van der Waals surface area contributed by atoms with Gasteiger partial charge in [-0.2, -0.15) is 0 Å². The quantitative estimate of drug-likeness (QED) is 0.916. The molecule has 2 saturated heterocycles. The summed E-state index contributed by atoms with van der Waals surface area (Å²) in [6.07, 6.45) is 1.70. The maximum atomic E-state index is 13.2. The van der Waals surface area contributed by atoms with Gasteiger partial charge < -0.3 is 19.7 Å². The lowest BCUT2D eigenvalue weighted by molar-refractivity contribution is -0.169. The number of halogens is 1. The SMILES string of the molecule is O=C(Nc1ccc(N2CCC3(CC2)OCCO3)cc1)c1cccc(F)c1. The zero-order valence-electron chi connectivity index (χ0n) is 14.4. The van der Waals surface area contributed by atoms with Crippen molar-refractivity contribution >= 4 is 17.3 Å². The number of carbonyl (C=O) groups excluding carboxylic acids is 1. The van der Waals surface area contributed by atoms with Crippen LogP contribution in [0, 0.1) is 5.82 Å². The molecule has 2 aliphatic rings. The number of nitrogens with zero attached hydrogens (tertiary/aromatic N) is 1. The molecule has 2 heterocycles. The van der Waals surface area contributed by atoms with Crippen molar-refractivity contribution < 1.29 is 18.7 Å². The summed E-state index contributed by atoms with van der Waals surface area (Å²) in [5, 5.41) is 2.79. The molecule has 2 aromatic rings. The lowest BCUT2D eigenvalue weighted by Gasteiger charge is -2.38. The van der Waals surface area contributed by atoms with Crippen LogP contribution in [0.2, 0.25) is 0 Å². The van der Waals surface area contributed by atoms with Crippen molar-refractivity contribution in [1.29, 1.82) is 0 Å². The minimum atomic E-state index is -0.425. The van der Waals surface area contributed by atoms with Crippen LogP contribution in [0.25, 0.3) is 0 Å². The zero-order valence-corrected chi connectivity index (χ0v) is 14.4. The fourth-order valence-electron chi connectivity index (χ4n) is 3.48. The zero-order chi connectivity index (χ0) is 18.0. The third-order valence-electron chi connectivity index (χ3n) is 4.92. The Hall–Kier alpha value is -2.44. The molecule has 4 rings (SSSR count). The molecule has 26 heavy (non-hydrogen) atoms. The third kappa shape index (κ3) is 3.57. The second-order valence-electron chi connectivity index (χ2n) is 6.61. The Bertz CT molecular complexity index is 778. The van der Waals surface area contributed by atoms with Crippen molar-refractivity contribution in [3.05, 3.63) is 59.9 Å². The summed E-state index contributed by atoms with van der Waals surface area (Å²) in [5.74, 6) is -1.13. The van der Waals surface area contributed by atoms with Crippen LogP contribution in [0.5, 0.6) is 0 Å². The van der Waals surface area contributed by atoms with Gasteiger partial charge in [0.25, 0.3) is 5.91 Å². The van der Waals surface area contributed by atoms with Crippen LogP contribution >= 0.6 is 0 Å². The van der Waals surface area contributed by atoms with E-state index < -0.39 is 5.82 Å². The summed E-state index contributed by atoms with van der Waals surface area (Å²) in [7, 11) is 0. The second-order valence-corrected chi connectivity index (χ2v) is 6.61. The van der Waals surface area contributed by atoms with E-state index in [2.05, 4.69) is 10.2 Å². The molecule has 5 nitrogen and oxygen atoms in total. The Balaban J connectivity index is 1.37. The van der Waals surface area contributed by atoms with E-state index in [4.69, 9.17) is 9.47 Å². The molecule has 0 saturated carbocycles. The third-order valence-corrected chi connectivity index (χ3v) is 4.92. The van der Waals surface area contributed by atoms with E-state index in [0.717, 1.165) is 31.6 Å². The number of ether oxygens (including phenoxy) is 2. The fraction of sp³-hybridized carbons (Fsp3) is 0.350. The van der Waals surface area contributed by atoms with Crippen LogP contribution in [-0.2, 0) is 9.47 Å². The Morgan fingerprint density at radius 2 is 1.73 bits per heavy atom. The summed E-state index contributed by atoms with van der Waals surface area (Å²) in [6.45, 7) is 3.10. The van der Waals surface area contributed by atoms with Crippen LogP contribution in [0.4, 0.5) is 15.8 Å². The van der Waals surface area contributed by atoms with Crippen molar-refractivity contribution in [3.8, 4) is 0 Å². The first kappa shape index (κ1) is 17.0. The standard InChI is InChI=1S/C20H21FN2O3/c21-16-3-1-2-15(14-16)19(24)22-17-4-6-18(7-5-17)23-10-8-20(9-11-23)25-12-13-26-20/h1-7,14H,8-13H2,(H,22,24). The molecule has 0 aliphatic carbocycles. The summed E-state index contributed by atoms with van der Waals surface area (Å²) in [6, 6.07) is 13.3. The van der Waals surface area contributed by atoms with Gasteiger partial charge >= 0.3 is 0 Å². The highest BCUT2D eigenvalue weighted by Crippen LogP contribution is 2.33. The molecule has 6 heteroatoms. The summed E-state index contributed by atoms with van der Waals surface area (Å²) < 4.78 is 24.7. The first-order chi connectivity index (χ1) is 12.6. The average molecular weight is 356 g/mol. The number of hydrogen-bond acceptors (Lipinski definition) is 4. The molecule has 0 atom stereocenters. The van der Waals surface area contributed by atoms with E-state index in [1.165, 1.54) is 18.2 Å². The summed E-state index contributed by atoms with van der Waals surface area (Å²) in [4.78, 5) is 14.5. The minimum Gasteiger partial charge on any atom is -0.371 e. The van der Waals surface area contributed by atoms with E-state index in [0.29, 0.717) is 24.5 Å². The van der Waals surface area contributed by atoms with Gasteiger partial charge in [0, 0.05) is 42.9 Å². The number of carbonyl (C=O) groups is 1. The van der Waals surface area contributed by atoms with Crippen molar-refractivity contribution in [2.45, 2.75) is 18.6 Å². The molecule has 136 valence electrons. The van der Waals surface area contributed by atoms with Crippen LogP contribution in [0.3, 0.4) is 0 Å². The molecular weight excluding hydrogens is 335 g/mol. The summed E-state index contributed by atoms with van der Waals surface area (Å²) >= 11 is 0. The number of anilines is 2. The Kier molecular flexibility index (Phi) is 4.61. The van der Waals surface area contributed by atoms with E-state index in [9.17, 15) is 9.18 Å². The highest BCUT2D eigenvalue weighted by atomic mass is 19.1. The van der Waals surface area contributed by atoms with Crippen LogP contribution in [0.15, 0.2) is 48.5 Å². The van der Waals surface area contributed by atoms with E-state index in [-0.39, 0.29) is 11.7 Å². The predicted molar refractivity (Wildman–Crippen MR) is 96.9 cm³/mol. The highest BCUT2D eigenvalue weighted by molar-refractivity contribution is 6.04.